The summed E-state index contributed by atoms with van der Waals surface area (Å²) in [6.07, 6.45) is 0.750. The van der Waals surface area contributed by atoms with Crippen LogP contribution in [0.25, 0.3) is 0 Å². The van der Waals surface area contributed by atoms with E-state index in [0.29, 0.717) is 0 Å². The second-order valence-electron chi connectivity index (χ2n) is 5.76. The number of methoxy groups -OCH3 is 1. The average Bonchev–Trinajstić information content (AvgIpc) is 2.54. The van der Waals surface area contributed by atoms with E-state index in [-0.39, 0.29) is 17.7 Å². The average molecular weight is 297 g/mol. The molecule has 3 heteroatoms. The lowest BCUT2D eigenvalue weighted by molar-refractivity contribution is -0.121. The minimum absolute atomic E-state index is 0.0514. The predicted molar refractivity (Wildman–Crippen MR) is 90.1 cm³/mol. The van der Waals surface area contributed by atoms with Gasteiger partial charge in [-0.05, 0) is 42.2 Å². The monoisotopic (exact) mass is 297 g/mol. The van der Waals surface area contributed by atoms with E-state index in [1.807, 2.05) is 42.5 Å². The molecule has 0 aliphatic heterocycles. The standard InChI is InChI=1S/C19H23NO2/c1-14(2)18(13-15-7-5-4-6-8-15)19(21)20-16-9-11-17(22-3)12-10-16/h4-12,14,18H,13H2,1-3H3,(H,20,21). The summed E-state index contributed by atoms with van der Waals surface area (Å²) in [5.74, 6) is 1.06. The number of rotatable bonds is 6. The van der Waals surface area contributed by atoms with Crippen molar-refractivity contribution < 1.29 is 9.53 Å². The number of carbonyl (C=O) groups is 1. The molecule has 0 heterocycles. The molecule has 1 amide bonds. The minimum atomic E-state index is -0.0514. The van der Waals surface area contributed by atoms with E-state index < -0.39 is 0 Å². The lowest BCUT2D eigenvalue weighted by Gasteiger charge is -2.20. The Labute approximate surface area is 132 Å². The summed E-state index contributed by atoms with van der Waals surface area (Å²) in [6, 6.07) is 17.5. The second-order valence-corrected chi connectivity index (χ2v) is 5.76. The largest absolute Gasteiger partial charge is 0.497 e. The summed E-state index contributed by atoms with van der Waals surface area (Å²) in [4.78, 5) is 12.6. The summed E-state index contributed by atoms with van der Waals surface area (Å²) < 4.78 is 5.13. The van der Waals surface area contributed by atoms with Gasteiger partial charge in [0.25, 0.3) is 0 Å². The number of benzene rings is 2. The Kier molecular flexibility index (Phi) is 5.59. The molecule has 2 aromatic rings. The van der Waals surface area contributed by atoms with Gasteiger partial charge in [0, 0.05) is 11.6 Å². The third kappa shape index (κ3) is 4.35. The van der Waals surface area contributed by atoms with Crippen molar-refractivity contribution in [2.75, 3.05) is 12.4 Å². The highest BCUT2D eigenvalue weighted by molar-refractivity contribution is 5.92. The van der Waals surface area contributed by atoms with Gasteiger partial charge < -0.3 is 10.1 Å². The fourth-order valence-electron chi connectivity index (χ4n) is 2.41. The van der Waals surface area contributed by atoms with Crippen LogP contribution in [-0.2, 0) is 11.2 Å². The lowest BCUT2D eigenvalue weighted by Crippen LogP contribution is -2.28. The van der Waals surface area contributed by atoms with Crippen molar-refractivity contribution in [3.05, 3.63) is 60.2 Å². The summed E-state index contributed by atoms with van der Waals surface area (Å²) >= 11 is 0. The van der Waals surface area contributed by atoms with E-state index in [1.165, 1.54) is 5.56 Å². The van der Waals surface area contributed by atoms with E-state index in [1.54, 1.807) is 7.11 Å². The first-order valence-corrected chi connectivity index (χ1v) is 7.59. The molecule has 2 rings (SSSR count). The number of hydrogen-bond donors (Lipinski definition) is 1. The Hall–Kier alpha value is -2.29. The van der Waals surface area contributed by atoms with Gasteiger partial charge in [0.05, 0.1) is 7.11 Å². The summed E-state index contributed by atoms with van der Waals surface area (Å²) in [7, 11) is 1.63. The zero-order chi connectivity index (χ0) is 15.9. The van der Waals surface area contributed by atoms with Crippen LogP contribution in [0.5, 0.6) is 5.75 Å². The molecule has 0 aliphatic rings. The van der Waals surface area contributed by atoms with Crippen LogP contribution >= 0.6 is 0 Å². The van der Waals surface area contributed by atoms with Crippen LogP contribution in [0.3, 0.4) is 0 Å². The fraction of sp³-hybridized carbons (Fsp3) is 0.316. The molecule has 0 saturated carbocycles. The number of nitrogens with one attached hydrogen (secondary N) is 1. The van der Waals surface area contributed by atoms with Crippen molar-refractivity contribution in [1.82, 2.24) is 0 Å². The maximum absolute atomic E-state index is 12.6. The topological polar surface area (TPSA) is 38.3 Å². The molecule has 116 valence electrons. The zero-order valence-corrected chi connectivity index (χ0v) is 13.4. The van der Waals surface area contributed by atoms with Crippen molar-refractivity contribution in [2.45, 2.75) is 20.3 Å². The molecule has 0 aliphatic carbocycles. The highest BCUT2D eigenvalue weighted by Crippen LogP contribution is 2.21. The molecule has 0 spiro atoms. The van der Waals surface area contributed by atoms with Gasteiger partial charge in [0.15, 0.2) is 0 Å². The molecule has 0 fully saturated rings. The molecular formula is C19H23NO2. The Morgan fingerprint density at radius 1 is 1.05 bits per heavy atom. The number of carbonyl (C=O) groups excluding carboxylic acids is 1. The molecule has 1 atom stereocenters. The maximum Gasteiger partial charge on any atom is 0.228 e. The van der Waals surface area contributed by atoms with Gasteiger partial charge in [-0.25, -0.2) is 0 Å². The quantitative estimate of drug-likeness (QED) is 0.870. The molecule has 0 radical (unpaired) electrons. The van der Waals surface area contributed by atoms with Gasteiger partial charge in [-0.3, -0.25) is 4.79 Å². The summed E-state index contributed by atoms with van der Waals surface area (Å²) in [6.45, 7) is 4.17. The molecule has 2 aromatic carbocycles. The van der Waals surface area contributed by atoms with E-state index in [2.05, 4.69) is 31.3 Å². The van der Waals surface area contributed by atoms with Gasteiger partial charge in [-0.2, -0.15) is 0 Å². The third-order valence-electron chi connectivity index (χ3n) is 3.80. The lowest BCUT2D eigenvalue weighted by atomic mass is 9.88. The highest BCUT2D eigenvalue weighted by Gasteiger charge is 2.22. The molecule has 0 bridgehead atoms. The van der Waals surface area contributed by atoms with Crippen molar-refractivity contribution >= 4 is 11.6 Å². The number of anilines is 1. The van der Waals surface area contributed by atoms with Crippen molar-refractivity contribution in [3.63, 3.8) is 0 Å². The van der Waals surface area contributed by atoms with Gasteiger partial charge in [-0.15, -0.1) is 0 Å². The van der Waals surface area contributed by atoms with Crippen LogP contribution in [0.2, 0.25) is 0 Å². The first-order chi connectivity index (χ1) is 10.6. The van der Waals surface area contributed by atoms with Crippen LogP contribution < -0.4 is 10.1 Å². The number of hydrogen-bond acceptors (Lipinski definition) is 2. The molecule has 22 heavy (non-hydrogen) atoms. The normalized spacial score (nSPS) is 12.0. The van der Waals surface area contributed by atoms with Crippen LogP contribution in [0, 0.1) is 11.8 Å². The van der Waals surface area contributed by atoms with Gasteiger partial charge in [0.2, 0.25) is 5.91 Å². The number of amides is 1. The first kappa shape index (κ1) is 16.1. The molecule has 0 aromatic heterocycles. The first-order valence-electron chi connectivity index (χ1n) is 7.59. The number of ether oxygens (including phenoxy) is 1. The van der Waals surface area contributed by atoms with Crippen LogP contribution in [-0.4, -0.2) is 13.0 Å². The maximum atomic E-state index is 12.6. The van der Waals surface area contributed by atoms with Crippen molar-refractivity contribution in [3.8, 4) is 5.75 Å². The Morgan fingerprint density at radius 2 is 1.68 bits per heavy atom. The van der Waals surface area contributed by atoms with Crippen LogP contribution in [0.1, 0.15) is 19.4 Å². The Bertz CT molecular complexity index is 591. The Balaban J connectivity index is 2.05. The van der Waals surface area contributed by atoms with Crippen molar-refractivity contribution in [2.24, 2.45) is 11.8 Å². The SMILES string of the molecule is COc1ccc(NC(=O)C(Cc2ccccc2)C(C)C)cc1. The highest BCUT2D eigenvalue weighted by atomic mass is 16.5. The van der Waals surface area contributed by atoms with E-state index in [0.717, 1.165) is 17.9 Å². The molecule has 1 N–H and O–H groups in total. The van der Waals surface area contributed by atoms with Crippen molar-refractivity contribution in [1.29, 1.82) is 0 Å². The van der Waals surface area contributed by atoms with Gasteiger partial charge in [0.1, 0.15) is 5.75 Å². The zero-order valence-electron chi connectivity index (χ0n) is 13.4. The summed E-state index contributed by atoms with van der Waals surface area (Å²) in [5, 5.41) is 3.00. The van der Waals surface area contributed by atoms with E-state index in [9.17, 15) is 4.79 Å². The van der Waals surface area contributed by atoms with E-state index >= 15 is 0 Å². The molecular weight excluding hydrogens is 274 g/mol. The van der Waals surface area contributed by atoms with Crippen LogP contribution in [0.4, 0.5) is 5.69 Å². The third-order valence-corrected chi connectivity index (χ3v) is 3.80. The predicted octanol–water partition coefficient (Wildman–Crippen LogP) is 4.15. The Morgan fingerprint density at radius 3 is 2.23 bits per heavy atom. The molecule has 1 unspecified atom stereocenters. The molecule has 0 saturated heterocycles. The second kappa shape index (κ2) is 7.64. The molecule has 3 nitrogen and oxygen atoms in total. The van der Waals surface area contributed by atoms with Crippen LogP contribution in [0.15, 0.2) is 54.6 Å². The summed E-state index contributed by atoms with van der Waals surface area (Å²) in [5.41, 5.74) is 1.98. The van der Waals surface area contributed by atoms with Gasteiger partial charge >= 0.3 is 0 Å². The van der Waals surface area contributed by atoms with E-state index in [4.69, 9.17) is 4.74 Å². The fourth-order valence-corrected chi connectivity index (χ4v) is 2.41. The minimum Gasteiger partial charge on any atom is -0.497 e. The smallest absolute Gasteiger partial charge is 0.228 e. The van der Waals surface area contributed by atoms with Gasteiger partial charge in [-0.1, -0.05) is 44.2 Å².